The smallest absolute Gasteiger partial charge is 0.349 e. The van der Waals surface area contributed by atoms with Crippen LogP contribution >= 0.6 is 0 Å². The molecule has 0 aliphatic rings. The van der Waals surface area contributed by atoms with Crippen molar-refractivity contribution < 1.29 is 23.9 Å². The molecule has 230 valence electrons. The van der Waals surface area contributed by atoms with E-state index in [9.17, 15) is 28.8 Å². The van der Waals surface area contributed by atoms with Gasteiger partial charge in [-0.1, -0.05) is 27.7 Å². The zero-order valence-corrected chi connectivity index (χ0v) is 24.9. The highest BCUT2D eigenvalue weighted by atomic mass is 16.5. The minimum Gasteiger partial charge on any atom is -0.466 e. The van der Waals surface area contributed by atoms with Crippen molar-refractivity contribution in [2.75, 3.05) is 31.2 Å². The second-order valence-corrected chi connectivity index (χ2v) is 9.41. The van der Waals surface area contributed by atoms with E-state index >= 15 is 0 Å². The van der Waals surface area contributed by atoms with Crippen molar-refractivity contribution in [2.24, 2.45) is 25.9 Å². The van der Waals surface area contributed by atoms with Crippen LogP contribution in [0.3, 0.4) is 0 Å². The number of nitrogens with zero attached hydrogens (tertiary/aromatic N) is 4. The number of rotatable bonds is 9. The molecular weight excluding hydrogens is 548 g/mol. The Hall–Kier alpha value is -5.08. The van der Waals surface area contributed by atoms with Crippen molar-refractivity contribution >= 4 is 35.3 Å². The molecule has 0 unspecified atom stereocenters. The van der Waals surface area contributed by atoms with Crippen LogP contribution in [0.15, 0.2) is 58.4 Å². The Morgan fingerprint density at radius 2 is 1.26 bits per heavy atom. The van der Waals surface area contributed by atoms with Crippen molar-refractivity contribution in [2.45, 2.75) is 27.7 Å². The second kappa shape index (κ2) is 19.9. The maximum atomic E-state index is 11.5. The zero-order valence-electron chi connectivity index (χ0n) is 24.9. The van der Waals surface area contributed by atoms with Gasteiger partial charge in [0, 0.05) is 63.9 Å². The molecule has 2 rings (SSSR count). The molecule has 42 heavy (non-hydrogen) atoms. The summed E-state index contributed by atoms with van der Waals surface area (Å²) in [5.41, 5.74) is 4.41. The Labute approximate surface area is 243 Å². The van der Waals surface area contributed by atoms with E-state index in [1.807, 2.05) is 27.7 Å². The maximum absolute atomic E-state index is 11.5. The summed E-state index contributed by atoms with van der Waals surface area (Å²) in [6, 6.07) is 3.06. The fourth-order valence-electron chi connectivity index (χ4n) is 2.27. The quantitative estimate of drug-likeness (QED) is 0.226. The summed E-state index contributed by atoms with van der Waals surface area (Å²) in [7, 11) is 4.44. The van der Waals surface area contributed by atoms with Crippen LogP contribution in [0.1, 0.15) is 27.7 Å². The van der Waals surface area contributed by atoms with E-state index in [0.29, 0.717) is 24.9 Å². The Bertz CT molecular complexity index is 1360. The maximum Gasteiger partial charge on any atom is 0.349 e. The molecule has 2 aromatic heterocycles. The zero-order chi connectivity index (χ0) is 32.2. The van der Waals surface area contributed by atoms with Crippen molar-refractivity contribution in [3.05, 3.63) is 69.8 Å². The number of nitrogens with two attached hydrogens (primary N) is 1. The van der Waals surface area contributed by atoms with Gasteiger partial charge < -0.3 is 35.6 Å². The fraction of sp³-hybridized carbons (Fsp3) is 0.407. The number of amides is 3. The topological polar surface area (TPSA) is 209 Å². The molecule has 2 heterocycles. The highest BCUT2D eigenvalue weighted by molar-refractivity contribution is 6.03. The largest absolute Gasteiger partial charge is 0.466 e. The molecule has 0 saturated carbocycles. The van der Waals surface area contributed by atoms with E-state index in [1.165, 1.54) is 28.5 Å². The van der Waals surface area contributed by atoms with Gasteiger partial charge in [-0.2, -0.15) is 9.97 Å². The first-order chi connectivity index (χ1) is 19.6. The Kier molecular flexibility index (Phi) is 17.5. The van der Waals surface area contributed by atoms with Crippen LogP contribution in [-0.4, -0.2) is 63.0 Å². The van der Waals surface area contributed by atoms with Gasteiger partial charge in [0.25, 0.3) is 0 Å². The molecule has 0 aliphatic heterocycles. The molecule has 0 atom stereocenters. The highest BCUT2D eigenvalue weighted by Gasteiger charge is 2.03. The van der Waals surface area contributed by atoms with Crippen LogP contribution in [0, 0.1) is 11.8 Å². The predicted molar refractivity (Wildman–Crippen MR) is 158 cm³/mol. The summed E-state index contributed by atoms with van der Waals surface area (Å²) in [6.45, 7) is 9.07. The SMILES string of the molecule is CC(C)CNC(=O)/C=C/C(=O)Nc1ccn(C)c(=O)n1.COC(=O)/C=C/C(=O)NCC(C)C.Cn1ccc(N)nc1=O. The first-order valence-electron chi connectivity index (χ1n) is 12.8. The number of hydrogen-bond acceptors (Lipinski definition) is 10. The Morgan fingerprint density at radius 3 is 1.69 bits per heavy atom. The molecule has 15 heteroatoms. The first-order valence-corrected chi connectivity index (χ1v) is 12.8. The van der Waals surface area contributed by atoms with Crippen molar-refractivity contribution in [1.82, 2.24) is 29.7 Å². The molecule has 2 aromatic rings. The van der Waals surface area contributed by atoms with Crippen LogP contribution in [0.2, 0.25) is 0 Å². The van der Waals surface area contributed by atoms with Crippen molar-refractivity contribution in [3.63, 3.8) is 0 Å². The number of aromatic nitrogens is 4. The molecule has 0 aliphatic carbocycles. The number of ether oxygens (including phenoxy) is 1. The molecule has 15 nitrogen and oxygen atoms in total. The van der Waals surface area contributed by atoms with E-state index in [0.717, 1.165) is 24.3 Å². The van der Waals surface area contributed by atoms with Gasteiger partial charge in [-0.25, -0.2) is 14.4 Å². The number of methoxy groups -OCH3 is 1. The lowest BCUT2D eigenvalue weighted by Gasteiger charge is -2.04. The molecule has 0 fully saturated rings. The number of esters is 1. The molecular formula is C27H40N8O7. The molecule has 0 spiro atoms. The molecule has 5 N–H and O–H groups in total. The molecule has 0 radical (unpaired) electrons. The van der Waals surface area contributed by atoms with Gasteiger partial charge in [0.05, 0.1) is 7.11 Å². The van der Waals surface area contributed by atoms with Gasteiger partial charge in [0.15, 0.2) is 0 Å². The van der Waals surface area contributed by atoms with Gasteiger partial charge >= 0.3 is 17.3 Å². The lowest BCUT2D eigenvalue weighted by Crippen LogP contribution is -2.26. The monoisotopic (exact) mass is 588 g/mol. The lowest BCUT2D eigenvalue weighted by atomic mass is 10.2. The van der Waals surface area contributed by atoms with Gasteiger partial charge in [-0.3, -0.25) is 14.4 Å². The number of anilines is 2. The van der Waals surface area contributed by atoms with Crippen LogP contribution in [0.4, 0.5) is 11.6 Å². The van der Waals surface area contributed by atoms with Crippen LogP contribution in [0.5, 0.6) is 0 Å². The van der Waals surface area contributed by atoms with Crippen molar-refractivity contribution in [1.29, 1.82) is 0 Å². The predicted octanol–water partition coefficient (Wildman–Crippen LogP) is -0.102. The average Bonchev–Trinajstić information content (AvgIpc) is 2.93. The van der Waals surface area contributed by atoms with E-state index < -0.39 is 17.6 Å². The highest BCUT2D eigenvalue weighted by Crippen LogP contribution is 1.97. The van der Waals surface area contributed by atoms with Gasteiger partial charge in [-0.05, 0) is 24.0 Å². The minimum absolute atomic E-state index is 0.144. The third-order valence-corrected chi connectivity index (χ3v) is 4.55. The van der Waals surface area contributed by atoms with Gasteiger partial charge in [0.2, 0.25) is 17.7 Å². The fourth-order valence-corrected chi connectivity index (χ4v) is 2.27. The lowest BCUT2D eigenvalue weighted by molar-refractivity contribution is -0.135. The first kappa shape index (κ1) is 36.9. The van der Waals surface area contributed by atoms with E-state index in [2.05, 4.69) is 30.7 Å². The molecule has 0 bridgehead atoms. The number of carbonyl (C=O) groups excluding carboxylic acids is 4. The molecule has 0 saturated heterocycles. The summed E-state index contributed by atoms with van der Waals surface area (Å²) in [6.07, 6.45) is 7.55. The normalized spacial score (nSPS) is 10.4. The number of carbonyl (C=O) groups is 4. The van der Waals surface area contributed by atoms with E-state index in [1.54, 1.807) is 26.4 Å². The average molecular weight is 589 g/mol. The van der Waals surface area contributed by atoms with Crippen LogP contribution < -0.4 is 33.1 Å². The summed E-state index contributed by atoms with van der Waals surface area (Å²) in [4.78, 5) is 73.4. The number of aryl methyl sites for hydroxylation is 2. The third kappa shape index (κ3) is 18.3. The summed E-state index contributed by atoms with van der Waals surface area (Å²) in [5.74, 6) is -0.528. The van der Waals surface area contributed by atoms with Gasteiger partial charge in [-0.15, -0.1) is 0 Å². The van der Waals surface area contributed by atoms with Crippen LogP contribution in [0.25, 0.3) is 0 Å². The summed E-state index contributed by atoms with van der Waals surface area (Å²) < 4.78 is 6.96. The molecule has 3 amide bonds. The number of nitrogen functional groups attached to an aromatic ring is 1. The summed E-state index contributed by atoms with van der Waals surface area (Å²) >= 11 is 0. The second-order valence-electron chi connectivity index (χ2n) is 9.41. The number of nitrogens with one attached hydrogen (secondary N) is 3. The van der Waals surface area contributed by atoms with Crippen LogP contribution in [-0.2, 0) is 38.0 Å². The summed E-state index contributed by atoms with van der Waals surface area (Å²) in [5, 5.41) is 7.67. The Morgan fingerprint density at radius 1 is 0.810 bits per heavy atom. The van der Waals surface area contributed by atoms with E-state index in [4.69, 9.17) is 5.73 Å². The molecule has 0 aromatic carbocycles. The Balaban J connectivity index is 0.000000654. The minimum atomic E-state index is -0.528. The van der Waals surface area contributed by atoms with Gasteiger partial charge in [0.1, 0.15) is 11.6 Å². The van der Waals surface area contributed by atoms with Crippen molar-refractivity contribution in [3.8, 4) is 0 Å². The standard InChI is InChI=1S/C13H18N4O3.C9H15NO3.C5H7N3O/c1-9(2)8-14-11(18)4-5-12(19)15-10-6-7-17(3)13(20)16-10;1-7(2)6-10-8(11)4-5-9(12)13-3;1-8-3-2-4(6)7-5(8)9/h4-7,9H,8H2,1-3H3,(H,14,18)(H,15,16,19,20);4-5,7H,6H2,1-3H3,(H,10,11);2-3H,1H3,(H2,6,7,9)/b2*5-4+;. The number of hydrogen-bond donors (Lipinski definition) is 4. The van der Waals surface area contributed by atoms with E-state index in [-0.39, 0.29) is 29.1 Å². The third-order valence-electron chi connectivity index (χ3n) is 4.55.